The van der Waals surface area contributed by atoms with Gasteiger partial charge in [-0.15, -0.1) is 0 Å². The fraction of sp³-hybridized carbons (Fsp3) is 0.385. The van der Waals surface area contributed by atoms with Crippen molar-refractivity contribution in [1.29, 1.82) is 0 Å². The van der Waals surface area contributed by atoms with Crippen molar-refractivity contribution in [2.24, 2.45) is 0 Å². The third kappa shape index (κ3) is 2.84. The molecule has 0 aromatic heterocycles. The van der Waals surface area contributed by atoms with Crippen molar-refractivity contribution in [3.63, 3.8) is 0 Å². The highest BCUT2D eigenvalue weighted by Gasteiger charge is 2.20. The smallest absolute Gasteiger partial charge is 0.221 e. The quantitative estimate of drug-likeness (QED) is 0.812. The number of hydrogen-bond acceptors (Lipinski definition) is 3. The first-order valence-corrected chi connectivity index (χ1v) is 5.72. The van der Waals surface area contributed by atoms with Crippen molar-refractivity contribution >= 4 is 17.9 Å². The molecule has 1 aromatic carbocycles. The summed E-state index contributed by atoms with van der Waals surface area (Å²) in [6.07, 6.45) is 4.27. The van der Waals surface area contributed by atoms with E-state index in [0.29, 0.717) is 17.0 Å². The number of aldehydes is 1. The van der Waals surface area contributed by atoms with Crippen LogP contribution in [0.4, 0.5) is 5.69 Å². The molecule has 1 saturated carbocycles. The van der Waals surface area contributed by atoms with Gasteiger partial charge in [-0.2, -0.15) is 0 Å². The highest BCUT2D eigenvalue weighted by Crippen LogP contribution is 2.28. The summed E-state index contributed by atoms with van der Waals surface area (Å²) in [4.78, 5) is 21.9. The van der Waals surface area contributed by atoms with Crippen molar-refractivity contribution in [3.05, 3.63) is 23.8 Å². The summed E-state index contributed by atoms with van der Waals surface area (Å²) in [5.74, 6) is 0.438. The minimum absolute atomic E-state index is 0.158. The fourth-order valence-electron chi connectivity index (χ4n) is 1.70. The van der Waals surface area contributed by atoms with E-state index in [2.05, 4.69) is 5.32 Å². The Hall–Kier alpha value is -1.84. The third-order valence-corrected chi connectivity index (χ3v) is 2.80. The molecular formula is C13H15NO3. The maximum absolute atomic E-state index is 11.0. The zero-order valence-corrected chi connectivity index (χ0v) is 9.73. The maximum Gasteiger partial charge on any atom is 0.221 e. The summed E-state index contributed by atoms with van der Waals surface area (Å²) < 4.78 is 5.69. The molecule has 0 atom stereocenters. The predicted octanol–water partition coefficient (Wildman–Crippen LogP) is 2.39. The standard InChI is InChI=1S/C13H15NO3/c1-9(16)14-11-5-6-13(10(7-11)8-15)17-12-3-2-4-12/h5-8,12H,2-4H2,1H3,(H,14,16). The van der Waals surface area contributed by atoms with E-state index in [4.69, 9.17) is 4.74 Å². The van der Waals surface area contributed by atoms with Gasteiger partial charge in [0.2, 0.25) is 5.91 Å². The molecule has 4 nitrogen and oxygen atoms in total. The summed E-state index contributed by atoms with van der Waals surface area (Å²) in [5.41, 5.74) is 1.09. The molecule has 2 rings (SSSR count). The van der Waals surface area contributed by atoms with E-state index < -0.39 is 0 Å². The van der Waals surface area contributed by atoms with Gasteiger partial charge >= 0.3 is 0 Å². The average Bonchev–Trinajstić information content (AvgIpc) is 2.23. The Bertz CT molecular complexity index is 438. The van der Waals surface area contributed by atoms with E-state index in [-0.39, 0.29) is 12.0 Å². The number of carbonyl (C=O) groups is 2. The molecule has 0 saturated heterocycles. The molecular weight excluding hydrogens is 218 g/mol. The average molecular weight is 233 g/mol. The van der Waals surface area contributed by atoms with Gasteiger partial charge in [-0.3, -0.25) is 9.59 Å². The lowest BCUT2D eigenvalue weighted by Crippen LogP contribution is -2.25. The Morgan fingerprint density at radius 1 is 1.47 bits per heavy atom. The Morgan fingerprint density at radius 3 is 2.76 bits per heavy atom. The van der Waals surface area contributed by atoms with Crippen LogP contribution in [0.25, 0.3) is 0 Å². The summed E-state index contributed by atoms with van der Waals surface area (Å²) in [7, 11) is 0. The molecule has 1 aliphatic rings. The van der Waals surface area contributed by atoms with E-state index in [9.17, 15) is 9.59 Å². The van der Waals surface area contributed by atoms with Gasteiger partial charge in [0, 0.05) is 12.6 Å². The summed E-state index contributed by atoms with van der Waals surface area (Å²) >= 11 is 0. The van der Waals surface area contributed by atoms with Crippen LogP contribution in [0.3, 0.4) is 0 Å². The Labute approximate surface area is 100.0 Å². The first-order valence-electron chi connectivity index (χ1n) is 5.72. The van der Waals surface area contributed by atoms with Crippen molar-refractivity contribution in [2.75, 3.05) is 5.32 Å². The molecule has 0 radical (unpaired) electrons. The minimum Gasteiger partial charge on any atom is -0.490 e. The van der Waals surface area contributed by atoms with Crippen LogP contribution in [0.5, 0.6) is 5.75 Å². The fourth-order valence-corrected chi connectivity index (χ4v) is 1.70. The van der Waals surface area contributed by atoms with Crippen LogP contribution in [0.1, 0.15) is 36.5 Å². The number of rotatable bonds is 4. The zero-order valence-electron chi connectivity index (χ0n) is 9.73. The second-order valence-electron chi connectivity index (χ2n) is 4.22. The van der Waals surface area contributed by atoms with Crippen LogP contribution in [0.15, 0.2) is 18.2 Å². The zero-order chi connectivity index (χ0) is 12.3. The third-order valence-electron chi connectivity index (χ3n) is 2.80. The van der Waals surface area contributed by atoms with E-state index in [1.807, 2.05) is 0 Å². The lowest BCUT2D eigenvalue weighted by Gasteiger charge is -2.27. The minimum atomic E-state index is -0.158. The van der Waals surface area contributed by atoms with E-state index in [1.54, 1.807) is 18.2 Å². The second kappa shape index (κ2) is 4.99. The Kier molecular flexibility index (Phi) is 3.42. The van der Waals surface area contributed by atoms with Gasteiger partial charge in [0.1, 0.15) is 5.75 Å². The molecule has 0 bridgehead atoms. The van der Waals surface area contributed by atoms with Gasteiger partial charge in [0.05, 0.1) is 11.7 Å². The first-order chi connectivity index (χ1) is 8.19. The predicted molar refractivity (Wildman–Crippen MR) is 64.4 cm³/mol. The highest BCUT2D eigenvalue weighted by molar-refractivity contribution is 5.90. The van der Waals surface area contributed by atoms with Crippen LogP contribution < -0.4 is 10.1 Å². The van der Waals surface area contributed by atoms with Gasteiger partial charge in [-0.1, -0.05) is 0 Å². The van der Waals surface area contributed by atoms with Crippen LogP contribution in [-0.4, -0.2) is 18.3 Å². The molecule has 17 heavy (non-hydrogen) atoms. The number of benzene rings is 1. The highest BCUT2D eigenvalue weighted by atomic mass is 16.5. The number of hydrogen-bond donors (Lipinski definition) is 1. The Balaban J connectivity index is 2.15. The van der Waals surface area contributed by atoms with E-state index >= 15 is 0 Å². The lowest BCUT2D eigenvalue weighted by atomic mass is 9.96. The number of carbonyl (C=O) groups excluding carboxylic acids is 2. The summed E-state index contributed by atoms with van der Waals surface area (Å²) in [6.45, 7) is 1.43. The molecule has 1 fully saturated rings. The van der Waals surface area contributed by atoms with Gasteiger partial charge in [-0.25, -0.2) is 0 Å². The van der Waals surface area contributed by atoms with Crippen molar-refractivity contribution < 1.29 is 14.3 Å². The molecule has 1 amide bonds. The van der Waals surface area contributed by atoms with Crippen LogP contribution in [0, 0.1) is 0 Å². The topological polar surface area (TPSA) is 55.4 Å². The monoisotopic (exact) mass is 233 g/mol. The maximum atomic E-state index is 11.0. The summed E-state index contributed by atoms with van der Waals surface area (Å²) in [6, 6.07) is 5.10. The second-order valence-corrected chi connectivity index (χ2v) is 4.22. The van der Waals surface area contributed by atoms with Gasteiger partial charge in [0.25, 0.3) is 0 Å². The number of ether oxygens (including phenoxy) is 1. The number of amides is 1. The summed E-state index contributed by atoms with van der Waals surface area (Å²) in [5, 5.41) is 2.63. The molecule has 0 aliphatic heterocycles. The lowest BCUT2D eigenvalue weighted by molar-refractivity contribution is -0.114. The van der Waals surface area contributed by atoms with Crippen LogP contribution in [-0.2, 0) is 4.79 Å². The van der Waals surface area contributed by atoms with Crippen LogP contribution in [0.2, 0.25) is 0 Å². The molecule has 0 heterocycles. The van der Waals surface area contributed by atoms with Crippen LogP contribution >= 0.6 is 0 Å². The molecule has 1 aromatic rings. The molecule has 1 N–H and O–H groups in total. The molecule has 0 unspecified atom stereocenters. The van der Waals surface area contributed by atoms with E-state index in [1.165, 1.54) is 13.3 Å². The molecule has 4 heteroatoms. The number of nitrogens with one attached hydrogen (secondary N) is 1. The van der Waals surface area contributed by atoms with Crippen molar-refractivity contribution in [3.8, 4) is 5.75 Å². The first kappa shape index (κ1) is 11.6. The molecule has 90 valence electrons. The number of anilines is 1. The molecule has 0 spiro atoms. The van der Waals surface area contributed by atoms with Crippen molar-refractivity contribution in [1.82, 2.24) is 0 Å². The van der Waals surface area contributed by atoms with Gasteiger partial charge in [-0.05, 0) is 37.5 Å². The van der Waals surface area contributed by atoms with Gasteiger partial charge < -0.3 is 10.1 Å². The Morgan fingerprint density at radius 2 is 2.24 bits per heavy atom. The normalized spacial score (nSPS) is 14.9. The SMILES string of the molecule is CC(=O)Nc1ccc(OC2CCC2)c(C=O)c1. The van der Waals surface area contributed by atoms with Gasteiger partial charge in [0.15, 0.2) is 6.29 Å². The van der Waals surface area contributed by atoms with E-state index in [0.717, 1.165) is 19.1 Å². The largest absolute Gasteiger partial charge is 0.490 e. The van der Waals surface area contributed by atoms with Crippen molar-refractivity contribution in [2.45, 2.75) is 32.3 Å². The molecule has 1 aliphatic carbocycles.